The second kappa shape index (κ2) is 10.5. The van der Waals surface area contributed by atoms with Crippen LogP contribution in [0.3, 0.4) is 0 Å². The lowest BCUT2D eigenvalue weighted by Crippen LogP contribution is -2.37. The largest absolute Gasteiger partial charge is 0.379 e. The molecule has 2 amide bonds. The van der Waals surface area contributed by atoms with Crippen LogP contribution < -0.4 is 5.32 Å². The van der Waals surface area contributed by atoms with Gasteiger partial charge in [-0.2, -0.15) is 5.10 Å². The highest BCUT2D eigenvalue weighted by Crippen LogP contribution is 2.16. The SMILES string of the molecule is O=C(Nc1ccc(CCN2CCOCC2)cc1)C1=NN(Cc2ccc(F)cc2)C(=O)CC1. The molecule has 32 heavy (non-hydrogen) atoms. The van der Waals surface area contributed by atoms with Gasteiger partial charge in [0.15, 0.2) is 0 Å². The van der Waals surface area contributed by atoms with Gasteiger partial charge in [0.1, 0.15) is 11.5 Å². The number of hydrogen-bond donors (Lipinski definition) is 1. The van der Waals surface area contributed by atoms with Crippen molar-refractivity contribution in [2.24, 2.45) is 5.10 Å². The van der Waals surface area contributed by atoms with Crippen LogP contribution in [0, 0.1) is 5.82 Å². The highest BCUT2D eigenvalue weighted by atomic mass is 19.1. The maximum Gasteiger partial charge on any atom is 0.271 e. The molecule has 0 unspecified atom stereocenters. The fourth-order valence-electron chi connectivity index (χ4n) is 3.72. The van der Waals surface area contributed by atoms with E-state index >= 15 is 0 Å². The van der Waals surface area contributed by atoms with Crippen LogP contribution in [-0.2, 0) is 27.3 Å². The van der Waals surface area contributed by atoms with Gasteiger partial charge in [0.05, 0.1) is 19.8 Å². The highest BCUT2D eigenvalue weighted by Gasteiger charge is 2.24. The van der Waals surface area contributed by atoms with Crippen LogP contribution in [-0.4, -0.2) is 60.3 Å². The number of ether oxygens (including phenoxy) is 1. The number of amides is 2. The number of rotatable bonds is 7. The van der Waals surface area contributed by atoms with Gasteiger partial charge in [-0.15, -0.1) is 0 Å². The zero-order valence-corrected chi connectivity index (χ0v) is 17.9. The van der Waals surface area contributed by atoms with E-state index in [1.165, 1.54) is 22.7 Å². The van der Waals surface area contributed by atoms with Gasteiger partial charge in [0.25, 0.3) is 5.91 Å². The summed E-state index contributed by atoms with van der Waals surface area (Å²) in [7, 11) is 0. The molecule has 1 saturated heterocycles. The minimum atomic E-state index is -0.339. The van der Waals surface area contributed by atoms with E-state index in [2.05, 4.69) is 15.3 Å². The first-order chi connectivity index (χ1) is 15.6. The minimum Gasteiger partial charge on any atom is -0.379 e. The summed E-state index contributed by atoms with van der Waals surface area (Å²) in [5.41, 5.74) is 2.95. The van der Waals surface area contributed by atoms with Gasteiger partial charge >= 0.3 is 0 Å². The number of hydrazone groups is 1. The second-order valence-corrected chi connectivity index (χ2v) is 7.98. The smallest absolute Gasteiger partial charge is 0.271 e. The Labute approximate surface area is 186 Å². The number of anilines is 1. The van der Waals surface area contributed by atoms with Gasteiger partial charge in [-0.3, -0.25) is 14.5 Å². The normalized spacial score (nSPS) is 17.2. The third-order valence-electron chi connectivity index (χ3n) is 5.64. The van der Waals surface area contributed by atoms with Crippen molar-refractivity contribution in [2.45, 2.75) is 25.8 Å². The Morgan fingerprint density at radius 2 is 1.69 bits per heavy atom. The number of nitrogens with one attached hydrogen (secondary N) is 1. The fourth-order valence-corrected chi connectivity index (χ4v) is 3.72. The number of carbonyl (C=O) groups excluding carboxylic acids is 2. The molecule has 0 atom stereocenters. The van der Waals surface area contributed by atoms with Crippen molar-refractivity contribution in [3.05, 3.63) is 65.5 Å². The Morgan fingerprint density at radius 1 is 1.00 bits per heavy atom. The Hall–Kier alpha value is -3.10. The summed E-state index contributed by atoms with van der Waals surface area (Å²) in [6.07, 6.45) is 1.46. The number of morpholine rings is 1. The molecule has 2 aliphatic rings. The molecule has 0 saturated carbocycles. The summed E-state index contributed by atoms with van der Waals surface area (Å²) in [6, 6.07) is 13.7. The summed E-state index contributed by atoms with van der Waals surface area (Å²) >= 11 is 0. The average Bonchev–Trinajstić information content (AvgIpc) is 2.82. The molecule has 0 radical (unpaired) electrons. The lowest BCUT2D eigenvalue weighted by atomic mass is 10.1. The van der Waals surface area contributed by atoms with Gasteiger partial charge in [0, 0.05) is 38.2 Å². The topological polar surface area (TPSA) is 74.2 Å². The van der Waals surface area contributed by atoms with E-state index in [0.717, 1.165) is 44.8 Å². The zero-order chi connectivity index (χ0) is 22.3. The van der Waals surface area contributed by atoms with Crippen LogP contribution in [0.2, 0.25) is 0 Å². The van der Waals surface area contributed by atoms with Gasteiger partial charge in [0.2, 0.25) is 5.91 Å². The van der Waals surface area contributed by atoms with Crippen LogP contribution in [0.4, 0.5) is 10.1 Å². The lowest BCUT2D eigenvalue weighted by molar-refractivity contribution is -0.132. The molecule has 0 aromatic heterocycles. The Kier molecular flexibility index (Phi) is 7.24. The van der Waals surface area contributed by atoms with E-state index in [1.807, 2.05) is 24.3 Å². The van der Waals surface area contributed by atoms with Gasteiger partial charge in [-0.1, -0.05) is 24.3 Å². The van der Waals surface area contributed by atoms with Crippen LogP contribution in [0.1, 0.15) is 24.0 Å². The van der Waals surface area contributed by atoms with Crippen molar-refractivity contribution in [3.63, 3.8) is 0 Å². The Morgan fingerprint density at radius 3 is 2.41 bits per heavy atom. The van der Waals surface area contributed by atoms with Crippen LogP contribution in [0.5, 0.6) is 0 Å². The van der Waals surface area contributed by atoms with Crippen molar-refractivity contribution in [3.8, 4) is 0 Å². The molecular weight excluding hydrogens is 411 g/mol. The summed E-state index contributed by atoms with van der Waals surface area (Å²) < 4.78 is 18.5. The molecule has 2 aliphatic heterocycles. The highest BCUT2D eigenvalue weighted by molar-refractivity contribution is 6.43. The number of halogens is 1. The number of nitrogens with zero attached hydrogens (tertiary/aromatic N) is 3. The van der Waals surface area contributed by atoms with Gasteiger partial charge in [-0.05, 0) is 41.8 Å². The molecule has 0 bridgehead atoms. The van der Waals surface area contributed by atoms with E-state index < -0.39 is 0 Å². The Bertz CT molecular complexity index is 970. The quantitative estimate of drug-likeness (QED) is 0.722. The summed E-state index contributed by atoms with van der Waals surface area (Å²) in [5.74, 6) is -0.812. The fraction of sp³-hybridized carbons (Fsp3) is 0.375. The maximum absolute atomic E-state index is 13.1. The van der Waals surface area contributed by atoms with Crippen LogP contribution in [0.15, 0.2) is 53.6 Å². The molecule has 2 aromatic carbocycles. The molecule has 4 rings (SSSR count). The molecule has 0 aliphatic carbocycles. The first-order valence-corrected chi connectivity index (χ1v) is 10.9. The number of hydrogen-bond acceptors (Lipinski definition) is 5. The predicted octanol–water partition coefficient (Wildman–Crippen LogP) is 2.82. The molecule has 0 spiro atoms. The molecular formula is C24H27FN4O3. The summed E-state index contributed by atoms with van der Waals surface area (Å²) in [4.78, 5) is 27.3. The van der Waals surface area contributed by atoms with E-state index in [-0.39, 0.29) is 30.6 Å². The lowest BCUT2D eigenvalue weighted by Gasteiger charge is -2.26. The van der Waals surface area contributed by atoms with Crippen LogP contribution in [0.25, 0.3) is 0 Å². The van der Waals surface area contributed by atoms with E-state index in [4.69, 9.17) is 4.74 Å². The Balaban J connectivity index is 1.32. The standard InChI is InChI=1S/C24H27FN4O3/c25-20-5-1-19(2-6-20)17-29-23(30)10-9-22(27-29)24(31)26-21-7-3-18(4-8-21)11-12-28-13-15-32-16-14-28/h1-8H,9-17H2,(H,26,31). The van der Waals surface area contributed by atoms with Crippen LogP contribution >= 0.6 is 0 Å². The second-order valence-electron chi connectivity index (χ2n) is 7.98. The van der Waals surface area contributed by atoms with Crippen molar-refractivity contribution >= 4 is 23.2 Å². The molecule has 1 fully saturated rings. The number of benzene rings is 2. The first kappa shape index (κ1) is 22.1. The molecule has 2 heterocycles. The molecule has 168 valence electrons. The van der Waals surface area contributed by atoms with Crippen molar-refractivity contribution in [1.82, 2.24) is 9.91 Å². The molecule has 8 heteroatoms. The minimum absolute atomic E-state index is 0.157. The maximum atomic E-state index is 13.1. The van der Waals surface area contributed by atoms with E-state index in [9.17, 15) is 14.0 Å². The summed E-state index contributed by atoms with van der Waals surface area (Å²) in [6.45, 7) is 4.72. The van der Waals surface area contributed by atoms with Crippen molar-refractivity contribution < 1.29 is 18.7 Å². The predicted molar refractivity (Wildman–Crippen MR) is 120 cm³/mol. The monoisotopic (exact) mass is 438 g/mol. The van der Waals surface area contributed by atoms with E-state index in [1.54, 1.807) is 12.1 Å². The molecule has 7 nitrogen and oxygen atoms in total. The third kappa shape index (κ3) is 5.99. The van der Waals surface area contributed by atoms with E-state index in [0.29, 0.717) is 17.8 Å². The van der Waals surface area contributed by atoms with Crippen molar-refractivity contribution in [1.29, 1.82) is 0 Å². The zero-order valence-electron chi connectivity index (χ0n) is 17.9. The molecule has 2 aromatic rings. The average molecular weight is 439 g/mol. The third-order valence-corrected chi connectivity index (χ3v) is 5.64. The van der Waals surface area contributed by atoms with Gasteiger partial charge in [-0.25, -0.2) is 9.40 Å². The molecule has 1 N–H and O–H groups in total. The van der Waals surface area contributed by atoms with Gasteiger partial charge < -0.3 is 10.1 Å². The number of carbonyl (C=O) groups is 2. The first-order valence-electron chi connectivity index (χ1n) is 10.9. The summed E-state index contributed by atoms with van der Waals surface area (Å²) in [5, 5.41) is 8.40. The van der Waals surface area contributed by atoms with Crippen molar-refractivity contribution in [2.75, 3.05) is 38.2 Å².